The number of hydrogen-bond donors (Lipinski definition) is 2. The maximum Gasteiger partial charge on any atom is 0.274 e. The molecule has 1 saturated heterocycles. The highest BCUT2D eigenvalue weighted by Crippen LogP contribution is 2.23. The summed E-state index contributed by atoms with van der Waals surface area (Å²) in [4.78, 5) is 16.7. The van der Waals surface area contributed by atoms with Crippen LogP contribution in [0.3, 0.4) is 0 Å². The number of methoxy groups -OCH3 is 1. The second-order valence-corrected chi connectivity index (χ2v) is 6.55. The molecule has 23 heavy (non-hydrogen) atoms. The lowest BCUT2D eigenvalue weighted by Crippen LogP contribution is -2.47. The van der Waals surface area contributed by atoms with Crippen molar-refractivity contribution in [2.45, 2.75) is 13.3 Å². The molecule has 0 unspecified atom stereocenters. The van der Waals surface area contributed by atoms with Gasteiger partial charge in [0.15, 0.2) is 0 Å². The number of carbonyl (C=O) groups is 1. The number of rotatable bonds is 7. The molecule has 0 radical (unpaired) electrons. The molecule has 1 aliphatic rings. The minimum absolute atomic E-state index is 0.0583. The molecule has 1 fully saturated rings. The van der Waals surface area contributed by atoms with Gasteiger partial charge in [0.2, 0.25) is 0 Å². The van der Waals surface area contributed by atoms with Gasteiger partial charge in [-0.25, -0.2) is 0 Å². The zero-order valence-electron chi connectivity index (χ0n) is 14.3. The standard InChI is InChI=1S/C16H28N4O3/c1-12-6-15(18-17-12)16(22)20-9-13(7-14(10-20)11-21)8-19(2)4-5-23-3/h6,13-14,21H,4-5,7-11H2,1-3H3,(H,17,18)/t13-,14-/m0/s1. The lowest BCUT2D eigenvalue weighted by molar-refractivity contribution is 0.0446. The minimum atomic E-state index is -0.0583. The summed E-state index contributed by atoms with van der Waals surface area (Å²) in [6.07, 6.45) is 0.942. The fourth-order valence-corrected chi connectivity index (χ4v) is 3.22. The number of amides is 1. The van der Waals surface area contributed by atoms with Crippen molar-refractivity contribution in [1.82, 2.24) is 20.0 Å². The average molecular weight is 324 g/mol. The Morgan fingerprint density at radius 2 is 2.26 bits per heavy atom. The molecule has 2 atom stereocenters. The van der Waals surface area contributed by atoms with Crippen molar-refractivity contribution in [2.75, 3.05) is 53.6 Å². The Morgan fingerprint density at radius 3 is 2.87 bits per heavy atom. The summed E-state index contributed by atoms with van der Waals surface area (Å²) in [7, 11) is 3.76. The molecule has 130 valence electrons. The van der Waals surface area contributed by atoms with Gasteiger partial charge >= 0.3 is 0 Å². The first kappa shape index (κ1) is 17.9. The molecule has 1 aromatic rings. The van der Waals surface area contributed by atoms with Gasteiger partial charge in [0.1, 0.15) is 5.69 Å². The van der Waals surface area contributed by atoms with Crippen LogP contribution in [0.25, 0.3) is 0 Å². The van der Waals surface area contributed by atoms with Crippen LogP contribution in [0.15, 0.2) is 6.07 Å². The normalized spacial score (nSPS) is 21.9. The van der Waals surface area contributed by atoms with Crippen LogP contribution in [0.5, 0.6) is 0 Å². The topological polar surface area (TPSA) is 81.7 Å². The molecule has 1 aliphatic heterocycles. The highest BCUT2D eigenvalue weighted by molar-refractivity contribution is 5.92. The zero-order chi connectivity index (χ0) is 16.8. The molecule has 0 aliphatic carbocycles. The molecule has 2 rings (SSSR count). The smallest absolute Gasteiger partial charge is 0.274 e. The van der Waals surface area contributed by atoms with E-state index < -0.39 is 0 Å². The van der Waals surface area contributed by atoms with Crippen molar-refractivity contribution in [1.29, 1.82) is 0 Å². The molecule has 1 aromatic heterocycles. The highest BCUT2D eigenvalue weighted by atomic mass is 16.5. The molecule has 0 spiro atoms. The molecule has 7 nitrogen and oxygen atoms in total. The van der Waals surface area contributed by atoms with Gasteiger partial charge in [-0.2, -0.15) is 5.10 Å². The van der Waals surface area contributed by atoms with E-state index in [1.807, 2.05) is 11.8 Å². The van der Waals surface area contributed by atoms with E-state index in [1.54, 1.807) is 13.2 Å². The summed E-state index contributed by atoms with van der Waals surface area (Å²) in [5, 5.41) is 16.4. The number of likely N-dealkylation sites (tertiary alicyclic amines) is 1. The predicted molar refractivity (Wildman–Crippen MR) is 87.3 cm³/mol. The number of nitrogens with zero attached hydrogens (tertiary/aromatic N) is 3. The number of aromatic nitrogens is 2. The Morgan fingerprint density at radius 1 is 1.52 bits per heavy atom. The first-order valence-corrected chi connectivity index (χ1v) is 8.13. The van der Waals surface area contributed by atoms with Gasteiger partial charge in [-0.1, -0.05) is 0 Å². The molecule has 1 amide bonds. The number of hydrogen-bond acceptors (Lipinski definition) is 5. The van der Waals surface area contributed by atoms with Crippen molar-refractivity contribution in [3.63, 3.8) is 0 Å². The van der Waals surface area contributed by atoms with Crippen LogP contribution in [-0.2, 0) is 4.74 Å². The average Bonchev–Trinajstić information content (AvgIpc) is 2.98. The Hall–Kier alpha value is -1.44. The third kappa shape index (κ3) is 5.02. The molecule has 0 bridgehead atoms. The van der Waals surface area contributed by atoms with Crippen molar-refractivity contribution in [3.05, 3.63) is 17.5 Å². The number of carbonyl (C=O) groups excluding carboxylic acids is 1. The number of piperidine rings is 1. The fourth-order valence-electron chi connectivity index (χ4n) is 3.22. The fraction of sp³-hybridized carbons (Fsp3) is 0.750. The van der Waals surface area contributed by atoms with E-state index in [9.17, 15) is 9.90 Å². The molecule has 0 aromatic carbocycles. The summed E-state index contributed by atoms with van der Waals surface area (Å²) >= 11 is 0. The monoisotopic (exact) mass is 324 g/mol. The van der Waals surface area contributed by atoms with Crippen LogP contribution in [0.2, 0.25) is 0 Å². The van der Waals surface area contributed by atoms with Crippen LogP contribution in [0.4, 0.5) is 0 Å². The van der Waals surface area contributed by atoms with E-state index in [1.165, 1.54) is 0 Å². The lowest BCUT2D eigenvalue weighted by Gasteiger charge is -2.38. The van der Waals surface area contributed by atoms with Gasteiger partial charge in [-0.15, -0.1) is 0 Å². The van der Waals surface area contributed by atoms with Crippen LogP contribution >= 0.6 is 0 Å². The first-order chi connectivity index (χ1) is 11.0. The second kappa shape index (κ2) is 8.42. The molecule has 2 N–H and O–H groups in total. The minimum Gasteiger partial charge on any atom is -0.396 e. The van der Waals surface area contributed by atoms with Gasteiger partial charge < -0.3 is 19.6 Å². The van der Waals surface area contributed by atoms with Gasteiger partial charge in [0, 0.05) is 45.6 Å². The Bertz CT molecular complexity index is 505. The third-order valence-corrected chi connectivity index (χ3v) is 4.34. The maximum absolute atomic E-state index is 12.6. The van der Waals surface area contributed by atoms with Gasteiger partial charge in [-0.3, -0.25) is 9.89 Å². The SMILES string of the molecule is COCCN(C)C[C@@H]1C[C@H](CO)CN(C(=O)c2cc(C)[nH]n2)C1. The van der Waals surface area contributed by atoms with Crippen molar-refractivity contribution in [2.24, 2.45) is 11.8 Å². The number of aliphatic hydroxyl groups excluding tert-OH is 1. The van der Waals surface area contributed by atoms with Gasteiger partial charge in [0.05, 0.1) is 6.61 Å². The van der Waals surface area contributed by atoms with Crippen LogP contribution in [-0.4, -0.2) is 84.6 Å². The molecule has 7 heteroatoms. The highest BCUT2D eigenvalue weighted by Gasteiger charge is 2.31. The summed E-state index contributed by atoms with van der Waals surface area (Å²) in [5.74, 6) is 0.428. The number of nitrogens with one attached hydrogen (secondary N) is 1. The zero-order valence-corrected chi connectivity index (χ0v) is 14.3. The second-order valence-electron chi connectivity index (χ2n) is 6.55. The van der Waals surface area contributed by atoms with Crippen LogP contribution in [0, 0.1) is 18.8 Å². The number of aryl methyl sites for hydroxylation is 1. The Balaban J connectivity index is 1.98. The summed E-state index contributed by atoms with van der Waals surface area (Å²) in [6.45, 7) is 5.75. The predicted octanol–water partition coefficient (Wildman–Crippen LogP) is 0.367. The maximum atomic E-state index is 12.6. The molecule has 2 heterocycles. The van der Waals surface area contributed by atoms with Crippen molar-refractivity contribution in [3.8, 4) is 0 Å². The first-order valence-electron chi connectivity index (χ1n) is 8.13. The summed E-state index contributed by atoms with van der Waals surface area (Å²) < 4.78 is 5.11. The van der Waals surface area contributed by atoms with E-state index in [2.05, 4.69) is 22.1 Å². The van der Waals surface area contributed by atoms with E-state index in [0.29, 0.717) is 31.3 Å². The third-order valence-electron chi connectivity index (χ3n) is 4.34. The lowest BCUT2D eigenvalue weighted by atomic mass is 9.89. The van der Waals surface area contributed by atoms with E-state index in [-0.39, 0.29) is 18.4 Å². The number of likely N-dealkylation sites (N-methyl/N-ethyl adjacent to an activating group) is 1. The van der Waals surface area contributed by atoms with E-state index in [4.69, 9.17) is 4.74 Å². The van der Waals surface area contributed by atoms with Gasteiger partial charge in [0.25, 0.3) is 5.91 Å². The summed E-state index contributed by atoms with van der Waals surface area (Å²) in [6, 6.07) is 1.77. The van der Waals surface area contributed by atoms with E-state index in [0.717, 1.165) is 25.2 Å². The number of aliphatic hydroxyl groups is 1. The Kier molecular flexibility index (Phi) is 6.56. The van der Waals surface area contributed by atoms with Gasteiger partial charge in [-0.05, 0) is 38.3 Å². The summed E-state index contributed by atoms with van der Waals surface area (Å²) in [5.41, 5.74) is 1.33. The van der Waals surface area contributed by atoms with Crippen molar-refractivity contribution >= 4 is 5.91 Å². The van der Waals surface area contributed by atoms with E-state index >= 15 is 0 Å². The number of H-pyrrole nitrogens is 1. The molecular formula is C16H28N4O3. The number of ether oxygens (including phenoxy) is 1. The van der Waals surface area contributed by atoms with Crippen LogP contribution < -0.4 is 0 Å². The number of aromatic amines is 1. The molecular weight excluding hydrogens is 296 g/mol. The van der Waals surface area contributed by atoms with Crippen molar-refractivity contribution < 1.29 is 14.6 Å². The Labute approximate surface area is 137 Å². The largest absolute Gasteiger partial charge is 0.396 e. The molecule has 0 saturated carbocycles. The van der Waals surface area contributed by atoms with Crippen LogP contribution in [0.1, 0.15) is 22.6 Å². The quantitative estimate of drug-likeness (QED) is 0.757.